The fourth-order valence-electron chi connectivity index (χ4n) is 2.07. The van der Waals surface area contributed by atoms with Gasteiger partial charge in [0.05, 0.1) is 6.42 Å². The van der Waals surface area contributed by atoms with Crippen LogP contribution in [0.5, 0.6) is 0 Å². The molecule has 4 heteroatoms. The summed E-state index contributed by atoms with van der Waals surface area (Å²) in [7, 11) is 0. The molecule has 2 aromatic carbocycles. The first-order valence-corrected chi connectivity index (χ1v) is 6.75. The molecule has 2 rings (SSSR count). The highest BCUT2D eigenvalue weighted by Gasteiger charge is 2.10. The highest BCUT2D eigenvalue weighted by atomic mass is 35.5. The fraction of sp³-hybridized carbons (Fsp3) is 0.188. The lowest BCUT2D eigenvalue weighted by Crippen LogP contribution is -2.16. The van der Waals surface area contributed by atoms with Crippen molar-refractivity contribution in [3.8, 4) is 0 Å². The topological polar surface area (TPSA) is 55.1 Å². The van der Waals surface area contributed by atoms with Gasteiger partial charge in [0.2, 0.25) is 5.91 Å². The van der Waals surface area contributed by atoms with Gasteiger partial charge in [-0.3, -0.25) is 4.79 Å². The van der Waals surface area contributed by atoms with Crippen LogP contribution >= 0.6 is 11.6 Å². The van der Waals surface area contributed by atoms with Gasteiger partial charge in [-0.25, -0.2) is 0 Å². The van der Waals surface area contributed by atoms with Crippen LogP contribution in [0.2, 0.25) is 5.02 Å². The summed E-state index contributed by atoms with van der Waals surface area (Å²) in [4.78, 5) is 12.1. The number of amides is 1. The van der Waals surface area contributed by atoms with E-state index in [1.54, 1.807) is 12.1 Å². The summed E-state index contributed by atoms with van der Waals surface area (Å²) < 4.78 is 0. The van der Waals surface area contributed by atoms with Crippen molar-refractivity contribution in [2.45, 2.75) is 20.3 Å². The van der Waals surface area contributed by atoms with Gasteiger partial charge in [-0.05, 0) is 48.7 Å². The Kier molecular flexibility index (Phi) is 4.30. The number of hydrogen-bond donors (Lipinski definition) is 2. The Hall–Kier alpha value is -2.00. The summed E-state index contributed by atoms with van der Waals surface area (Å²) in [6.45, 7) is 3.85. The molecule has 0 spiro atoms. The number of aryl methyl sites for hydroxylation is 1. The SMILES string of the molecule is Cc1ccc(N)c(C)c1NC(=O)Cc1cccc(Cl)c1. The molecule has 0 saturated carbocycles. The summed E-state index contributed by atoms with van der Waals surface area (Å²) in [5.41, 5.74) is 10.1. The van der Waals surface area contributed by atoms with Crippen LogP contribution in [0.15, 0.2) is 36.4 Å². The summed E-state index contributed by atoms with van der Waals surface area (Å²) in [5, 5.41) is 3.56. The van der Waals surface area contributed by atoms with E-state index >= 15 is 0 Å². The number of halogens is 1. The molecule has 0 heterocycles. The van der Waals surface area contributed by atoms with E-state index in [1.165, 1.54) is 0 Å². The number of hydrogen-bond acceptors (Lipinski definition) is 2. The number of benzene rings is 2. The minimum atomic E-state index is -0.0796. The second kappa shape index (κ2) is 5.97. The minimum absolute atomic E-state index is 0.0796. The molecule has 104 valence electrons. The summed E-state index contributed by atoms with van der Waals surface area (Å²) in [6.07, 6.45) is 0.286. The zero-order valence-corrected chi connectivity index (χ0v) is 12.3. The van der Waals surface area contributed by atoms with E-state index in [1.807, 2.05) is 38.1 Å². The molecule has 0 bridgehead atoms. The van der Waals surface area contributed by atoms with Crippen molar-refractivity contribution in [3.05, 3.63) is 58.1 Å². The lowest BCUT2D eigenvalue weighted by Gasteiger charge is -2.13. The third-order valence-electron chi connectivity index (χ3n) is 3.23. The molecule has 2 aromatic rings. The fourth-order valence-corrected chi connectivity index (χ4v) is 2.28. The lowest BCUT2D eigenvalue weighted by atomic mass is 10.1. The predicted octanol–water partition coefficient (Wildman–Crippen LogP) is 3.72. The van der Waals surface area contributed by atoms with Gasteiger partial charge in [-0.1, -0.05) is 29.8 Å². The Labute approximate surface area is 123 Å². The van der Waals surface area contributed by atoms with Gasteiger partial charge < -0.3 is 11.1 Å². The van der Waals surface area contributed by atoms with Crippen LogP contribution in [0.25, 0.3) is 0 Å². The molecular weight excluding hydrogens is 272 g/mol. The third-order valence-corrected chi connectivity index (χ3v) is 3.47. The highest BCUT2D eigenvalue weighted by Crippen LogP contribution is 2.25. The molecule has 1 amide bonds. The van der Waals surface area contributed by atoms with Crippen molar-refractivity contribution in [2.24, 2.45) is 0 Å². The van der Waals surface area contributed by atoms with Crippen molar-refractivity contribution < 1.29 is 4.79 Å². The molecule has 0 aromatic heterocycles. The minimum Gasteiger partial charge on any atom is -0.398 e. The van der Waals surface area contributed by atoms with Gasteiger partial charge >= 0.3 is 0 Å². The average molecular weight is 289 g/mol. The zero-order chi connectivity index (χ0) is 14.7. The van der Waals surface area contributed by atoms with Gasteiger partial charge in [0.1, 0.15) is 0 Å². The molecule has 20 heavy (non-hydrogen) atoms. The molecule has 0 saturated heterocycles. The first-order chi connectivity index (χ1) is 9.47. The van der Waals surface area contributed by atoms with Gasteiger partial charge in [-0.2, -0.15) is 0 Å². The van der Waals surface area contributed by atoms with E-state index < -0.39 is 0 Å². The zero-order valence-electron chi connectivity index (χ0n) is 11.5. The maximum atomic E-state index is 12.1. The van der Waals surface area contributed by atoms with Crippen LogP contribution in [0.4, 0.5) is 11.4 Å². The molecule has 3 nitrogen and oxygen atoms in total. The molecule has 0 aliphatic carbocycles. The second-order valence-electron chi connectivity index (χ2n) is 4.83. The van der Waals surface area contributed by atoms with E-state index in [2.05, 4.69) is 5.32 Å². The Morgan fingerprint density at radius 1 is 1.25 bits per heavy atom. The largest absolute Gasteiger partial charge is 0.398 e. The Morgan fingerprint density at radius 2 is 2.00 bits per heavy atom. The number of nitrogens with one attached hydrogen (secondary N) is 1. The first kappa shape index (κ1) is 14.4. The van der Waals surface area contributed by atoms with Crippen LogP contribution in [0.1, 0.15) is 16.7 Å². The number of carbonyl (C=O) groups excluding carboxylic acids is 1. The number of nitrogen functional groups attached to an aromatic ring is 1. The van der Waals surface area contributed by atoms with Crippen molar-refractivity contribution >= 4 is 28.9 Å². The van der Waals surface area contributed by atoms with Crippen LogP contribution in [0, 0.1) is 13.8 Å². The van der Waals surface area contributed by atoms with E-state index in [0.29, 0.717) is 10.7 Å². The number of nitrogens with two attached hydrogens (primary N) is 1. The van der Waals surface area contributed by atoms with E-state index in [0.717, 1.165) is 22.4 Å². The third kappa shape index (κ3) is 3.31. The highest BCUT2D eigenvalue weighted by molar-refractivity contribution is 6.30. The van der Waals surface area contributed by atoms with Crippen LogP contribution in [-0.2, 0) is 11.2 Å². The second-order valence-corrected chi connectivity index (χ2v) is 5.26. The molecule has 0 atom stereocenters. The van der Waals surface area contributed by atoms with Crippen molar-refractivity contribution in [2.75, 3.05) is 11.1 Å². The lowest BCUT2D eigenvalue weighted by molar-refractivity contribution is -0.115. The van der Waals surface area contributed by atoms with Crippen LogP contribution < -0.4 is 11.1 Å². The van der Waals surface area contributed by atoms with Crippen molar-refractivity contribution in [3.63, 3.8) is 0 Å². The normalized spacial score (nSPS) is 10.3. The summed E-state index contributed by atoms with van der Waals surface area (Å²) in [6, 6.07) is 11.0. The first-order valence-electron chi connectivity index (χ1n) is 6.37. The average Bonchev–Trinajstić information content (AvgIpc) is 2.39. The van der Waals surface area contributed by atoms with Gasteiger partial charge in [0.15, 0.2) is 0 Å². The smallest absolute Gasteiger partial charge is 0.228 e. The molecule has 3 N–H and O–H groups in total. The molecule has 0 fully saturated rings. The molecule has 0 aliphatic rings. The van der Waals surface area contributed by atoms with Gasteiger partial charge in [0.25, 0.3) is 0 Å². The summed E-state index contributed by atoms with van der Waals surface area (Å²) >= 11 is 5.91. The van der Waals surface area contributed by atoms with Crippen LogP contribution in [-0.4, -0.2) is 5.91 Å². The number of carbonyl (C=O) groups is 1. The molecule has 0 radical (unpaired) electrons. The number of rotatable bonds is 3. The van der Waals surface area contributed by atoms with Gasteiger partial charge in [0, 0.05) is 16.4 Å². The molecular formula is C16H17ClN2O. The van der Waals surface area contributed by atoms with Crippen molar-refractivity contribution in [1.29, 1.82) is 0 Å². The molecule has 0 unspecified atom stereocenters. The Balaban J connectivity index is 2.15. The maximum Gasteiger partial charge on any atom is 0.228 e. The van der Waals surface area contributed by atoms with Crippen molar-refractivity contribution in [1.82, 2.24) is 0 Å². The molecule has 0 aliphatic heterocycles. The Morgan fingerprint density at radius 3 is 2.70 bits per heavy atom. The van der Waals surface area contributed by atoms with E-state index in [4.69, 9.17) is 17.3 Å². The monoisotopic (exact) mass is 288 g/mol. The van der Waals surface area contributed by atoms with Crippen LogP contribution in [0.3, 0.4) is 0 Å². The predicted molar refractivity (Wildman–Crippen MR) is 84.1 cm³/mol. The van der Waals surface area contributed by atoms with Gasteiger partial charge in [-0.15, -0.1) is 0 Å². The van der Waals surface area contributed by atoms with E-state index in [-0.39, 0.29) is 12.3 Å². The Bertz CT molecular complexity index is 653. The summed E-state index contributed by atoms with van der Waals surface area (Å²) in [5.74, 6) is -0.0796. The quantitative estimate of drug-likeness (QED) is 0.846. The standard InChI is InChI=1S/C16H17ClN2O/c1-10-6-7-14(18)11(2)16(10)19-15(20)9-12-4-3-5-13(17)8-12/h3-8H,9,18H2,1-2H3,(H,19,20). The van der Waals surface area contributed by atoms with E-state index in [9.17, 15) is 4.79 Å². The maximum absolute atomic E-state index is 12.1. The number of anilines is 2.